The summed E-state index contributed by atoms with van der Waals surface area (Å²) in [5, 5.41) is 2.94. The van der Waals surface area contributed by atoms with Crippen LogP contribution in [0.25, 0.3) is 0 Å². The van der Waals surface area contributed by atoms with Gasteiger partial charge in [0.15, 0.2) is 6.10 Å². The molecule has 0 unspecified atom stereocenters. The van der Waals surface area contributed by atoms with Crippen LogP contribution in [0.15, 0.2) is 42.5 Å². The molecule has 1 saturated carbocycles. The third kappa shape index (κ3) is 4.49. The molecule has 2 aliphatic rings. The summed E-state index contributed by atoms with van der Waals surface area (Å²) in [6.45, 7) is 1.80. The molecule has 2 aromatic rings. The van der Waals surface area contributed by atoms with Gasteiger partial charge in [-0.2, -0.15) is 0 Å². The maximum absolute atomic E-state index is 12.6. The molecule has 1 N–H and O–H groups in total. The zero-order valence-corrected chi connectivity index (χ0v) is 16.6. The summed E-state index contributed by atoms with van der Waals surface area (Å²) < 4.78 is 12.0. The first-order valence-corrected chi connectivity index (χ1v) is 10.5. The normalized spacial score (nSPS) is 17.6. The van der Waals surface area contributed by atoms with Crippen molar-refractivity contribution in [2.24, 2.45) is 0 Å². The predicted molar refractivity (Wildman–Crippen MR) is 111 cm³/mol. The monoisotopic (exact) mass is 379 g/mol. The molecule has 0 heterocycles. The first-order valence-electron chi connectivity index (χ1n) is 10.5. The molecular formula is C24H29NO3. The lowest BCUT2D eigenvalue weighted by molar-refractivity contribution is -0.122. The van der Waals surface area contributed by atoms with E-state index in [2.05, 4.69) is 11.4 Å². The number of ether oxygens (including phenoxy) is 2. The Morgan fingerprint density at radius 3 is 2.54 bits per heavy atom. The first kappa shape index (κ1) is 18.9. The molecule has 148 valence electrons. The molecule has 0 aromatic heterocycles. The van der Waals surface area contributed by atoms with Crippen molar-refractivity contribution in [2.75, 3.05) is 5.32 Å². The fourth-order valence-corrected chi connectivity index (χ4v) is 4.16. The van der Waals surface area contributed by atoms with E-state index in [1.165, 1.54) is 36.8 Å². The summed E-state index contributed by atoms with van der Waals surface area (Å²) in [6, 6.07) is 13.8. The Morgan fingerprint density at radius 1 is 1.00 bits per heavy atom. The lowest BCUT2D eigenvalue weighted by Gasteiger charge is -2.22. The smallest absolute Gasteiger partial charge is 0.265 e. The van der Waals surface area contributed by atoms with E-state index in [-0.39, 0.29) is 5.91 Å². The summed E-state index contributed by atoms with van der Waals surface area (Å²) in [7, 11) is 0. The minimum Gasteiger partial charge on any atom is -0.490 e. The lowest BCUT2D eigenvalue weighted by Crippen LogP contribution is -2.30. The van der Waals surface area contributed by atoms with E-state index in [1.54, 1.807) is 6.92 Å². The van der Waals surface area contributed by atoms with Gasteiger partial charge in [-0.15, -0.1) is 0 Å². The average molecular weight is 380 g/mol. The summed E-state index contributed by atoms with van der Waals surface area (Å²) in [5.74, 6) is 1.57. The molecule has 4 nitrogen and oxygen atoms in total. The van der Waals surface area contributed by atoms with E-state index >= 15 is 0 Å². The van der Waals surface area contributed by atoms with Crippen molar-refractivity contribution in [1.29, 1.82) is 0 Å². The van der Waals surface area contributed by atoms with Crippen LogP contribution in [0.3, 0.4) is 0 Å². The molecule has 4 heteroatoms. The van der Waals surface area contributed by atoms with E-state index in [1.807, 2.05) is 36.4 Å². The number of fused-ring (bicyclic) bond motifs is 1. The SMILES string of the molecule is C[C@H](Oc1cccc2c1CCCC2)C(=O)Nc1ccc(OC2CCCC2)cc1. The minimum atomic E-state index is -0.553. The lowest BCUT2D eigenvalue weighted by atomic mass is 9.91. The van der Waals surface area contributed by atoms with Crippen molar-refractivity contribution in [1.82, 2.24) is 0 Å². The van der Waals surface area contributed by atoms with Crippen LogP contribution in [-0.2, 0) is 17.6 Å². The Hall–Kier alpha value is -2.49. The van der Waals surface area contributed by atoms with Gasteiger partial charge >= 0.3 is 0 Å². The van der Waals surface area contributed by atoms with Crippen LogP contribution < -0.4 is 14.8 Å². The van der Waals surface area contributed by atoms with Crippen LogP contribution in [-0.4, -0.2) is 18.1 Å². The standard InChI is InChI=1S/C24H29NO3/c1-17(27-23-12-6-8-18-7-2-5-11-22(18)23)24(26)25-19-13-15-21(16-14-19)28-20-9-3-4-10-20/h6,8,12-17,20H,2-5,7,9-11H2,1H3,(H,25,26)/t17-/m0/s1. The Morgan fingerprint density at radius 2 is 1.75 bits per heavy atom. The second kappa shape index (κ2) is 8.68. The number of amides is 1. The zero-order chi connectivity index (χ0) is 19.3. The van der Waals surface area contributed by atoms with E-state index in [0.29, 0.717) is 6.10 Å². The Bertz CT molecular complexity index is 809. The number of rotatable bonds is 6. The maximum atomic E-state index is 12.6. The number of hydrogen-bond acceptors (Lipinski definition) is 3. The second-order valence-electron chi connectivity index (χ2n) is 7.90. The molecule has 1 fully saturated rings. The van der Waals surface area contributed by atoms with Gasteiger partial charge in [-0.1, -0.05) is 12.1 Å². The summed E-state index contributed by atoms with van der Waals surface area (Å²) in [4.78, 5) is 12.6. The fraction of sp³-hybridized carbons (Fsp3) is 0.458. The topological polar surface area (TPSA) is 47.6 Å². The van der Waals surface area contributed by atoms with Crippen molar-refractivity contribution >= 4 is 11.6 Å². The Kier molecular flexibility index (Phi) is 5.84. The summed E-state index contributed by atoms with van der Waals surface area (Å²) in [5.41, 5.74) is 3.38. The summed E-state index contributed by atoms with van der Waals surface area (Å²) in [6.07, 6.45) is 9.10. The quantitative estimate of drug-likeness (QED) is 0.741. The Balaban J connectivity index is 1.34. The molecule has 0 aliphatic heterocycles. The highest BCUT2D eigenvalue weighted by molar-refractivity contribution is 5.94. The van der Waals surface area contributed by atoms with Gasteiger partial charge in [0.2, 0.25) is 0 Å². The van der Waals surface area contributed by atoms with Crippen LogP contribution in [0.1, 0.15) is 56.6 Å². The van der Waals surface area contributed by atoms with Crippen molar-refractivity contribution < 1.29 is 14.3 Å². The van der Waals surface area contributed by atoms with Gasteiger partial charge in [0.1, 0.15) is 11.5 Å². The molecule has 4 rings (SSSR count). The van der Waals surface area contributed by atoms with Gasteiger partial charge in [0.05, 0.1) is 6.10 Å². The van der Waals surface area contributed by atoms with E-state index < -0.39 is 6.10 Å². The molecular weight excluding hydrogens is 350 g/mol. The third-order valence-corrected chi connectivity index (χ3v) is 5.75. The van der Waals surface area contributed by atoms with Crippen LogP contribution >= 0.6 is 0 Å². The van der Waals surface area contributed by atoms with E-state index in [9.17, 15) is 4.79 Å². The Labute approximate surface area is 167 Å². The van der Waals surface area contributed by atoms with Gasteiger partial charge < -0.3 is 14.8 Å². The summed E-state index contributed by atoms with van der Waals surface area (Å²) >= 11 is 0. The first-order chi connectivity index (χ1) is 13.7. The van der Waals surface area contributed by atoms with Gasteiger partial charge in [0, 0.05) is 5.69 Å². The highest BCUT2D eigenvalue weighted by atomic mass is 16.5. The number of carbonyl (C=O) groups is 1. The van der Waals surface area contributed by atoms with Gasteiger partial charge in [0.25, 0.3) is 5.91 Å². The number of hydrogen-bond donors (Lipinski definition) is 1. The molecule has 2 aliphatic carbocycles. The molecule has 28 heavy (non-hydrogen) atoms. The molecule has 2 aromatic carbocycles. The third-order valence-electron chi connectivity index (χ3n) is 5.75. The number of aryl methyl sites for hydroxylation is 1. The molecule has 0 bridgehead atoms. The minimum absolute atomic E-state index is 0.141. The van der Waals surface area contributed by atoms with Crippen LogP contribution in [0.5, 0.6) is 11.5 Å². The molecule has 0 spiro atoms. The largest absolute Gasteiger partial charge is 0.490 e. The number of anilines is 1. The molecule has 0 saturated heterocycles. The zero-order valence-electron chi connectivity index (χ0n) is 16.6. The van der Waals surface area contributed by atoms with Gasteiger partial charge in [-0.05, 0) is 99.7 Å². The van der Waals surface area contributed by atoms with Gasteiger partial charge in [-0.25, -0.2) is 0 Å². The van der Waals surface area contributed by atoms with Crippen LogP contribution in [0.4, 0.5) is 5.69 Å². The van der Waals surface area contributed by atoms with Crippen molar-refractivity contribution in [3.63, 3.8) is 0 Å². The highest BCUT2D eigenvalue weighted by Gasteiger charge is 2.20. The number of benzene rings is 2. The molecule has 1 atom stereocenters. The van der Waals surface area contributed by atoms with Crippen molar-refractivity contribution in [2.45, 2.75) is 70.5 Å². The van der Waals surface area contributed by atoms with Crippen LogP contribution in [0.2, 0.25) is 0 Å². The second-order valence-corrected chi connectivity index (χ2v) is 7.90. The molecule has 1 amide bonds. The number of carbonyl (C=O) groups excluding carboxylic acids is 1. The van der Waals surface area contributed by atoms with E-state index in [0.717, 1.165) is 42.9 Å². The van der Waals surface area contributed by atoms with E-state index in [4.69, 9.17) is 9.47 Å². The molecule has 0 radical (unpaired) electrons. The predicted octanol–water partition coefficient (Wildman–Crippen LogP) is 5.29. The highest BCUT2D eigenvalue weighted by Crippen LogP contribution is 2.30. The fourth-order valence-electron chi connectivity index (χ4n) is 4.16. The maximum Gasteiger partial charge on any atom is 0.265 e. The number of nitrogens with one attached hydrogen (secondary N) is 1. The average Bonchev–Trinajstić information content (AvgIpc) is 3.23. The van der Waals surface area contributed by atoms with Gasteiger partial charge in [-0.3, -0.25) is 4.79 Å². The van der Waals surface area contributed by atoms with Crippen molar-refractivity contribution in [3.05, 3.63) is 53.6 Å². The van der Waals surface area contributed by atoms with Crippen molar-refractivity contribution in [3.8, 4) is 11.5 Å². The van der Waals surface area contributed by atoms with Crippen LogP contribution in [0, 0.1) is 0 Å².